The molecule has 2 rings (SSSR count). The van der Waals surface area contributed by atoms with E-state index in [1.165, 1.54) is 6.20 Å². The molecule has 1 aromatic rings. The maximum absolute atomic E-state index is 12.5. The van der Waals surface area contributed by atoms with Crippen LogP contribution in [0.1, 0.15) is 57.6 Å². The highest BCUT2D eigenvalue weighted by atomic mass is 16.6. The minimum atomic E-state index is -0.534. The van der Waals surface area contributed by atoms with E-state index in [1.54, 1.807) is 18.7 Å². The van der Waals surface area contributed by atoms with Gasteiger partial charge in [-0.1, -0.05) is 0 Å². The third-order valence-corrected chi connectivity index (χ3v) is 4.26. The van der Waals surface area contributed by atoms with Gasteiger partial charge >= 0.3 is 12.1 Å². The minimum Gasteiger partial charge on any atom is -0.462 e. The second kappa shape index (κ2) is 7.70. The lowest BCUT2D eigenvalue weighted by Gasteiger charge is -2.47. The van der Waals surface area contributed by atoms with Gasteiger partial charge in [0.05, 0.1) is 23.4 Å². The van der Waals surface area contributed by atoms with Crippen molar-refractivity contribution in [1.29, 1.82) is 0 Å². The van der Waals surface area contributed by atoms with Crippen molar-refractivity contribution in [3.8, 4) is 0 Å². The average Bonchev–Trinajstić information content (AvgIpc) is 2.52. The van der Waals surface area contributed by atoms with E-state index in [0.29, 0.717) is 43.4 Å². The van der Waals surface area contributed by atoms with Gasteiger partial charge in [0.15, 0.2) is 0 Å². The number of esters is 1. The molecule has 0 atom stereocenters. The van der Waals surface area contributed by atoms with E-state index in [4.69, 9.17) is 9.47 Å². The minimum absolute atomic E-state index is 0.306. The zero-order valence-electron chi connectivity index (χ0n) is 17.3. The van der Waals surface area contributed by atoms with Gasteiger partial charge in [0.25, 0.3) is 0 Å². The van der Waals surface area contributed by atoms with Crippen LogP contribution in [-0.2, 0) is 9.47 Å². The number of ether oxygens (including phenoxy) is 2. The summed E-state index contributed by atoms with van der Waals surface area (Å²) in [5.74, 6) is 0.120. The third kappa shape index (κ3) is 5.08. The summed E-state index contributed by atoms with van der Waals surface area (Å²) in [6, 6.07) is 0. The normalized spacial score (nSPS) is 16.9. The molecule has 0 saturated carbocycles. The first-order valence-electron chi connectivity index (χ1n) is 9.21. The van der Waals surface area contributed by atoms with Gasteiger partial charge in [-0.2, -0.15) is 0 Å². The zero-order chi connectivity index (χ0) is 20.4. The largest absolute Gasteiger partial charge is 0.462 e. The van der Waals surface area contributed by atoms with Crippen molar-refractivity contribution >= 4 is 18.0 Å². The van der Waals surface area contributed by atoms with Gasteiger partial charge in [0, 0.05) is 25.8 Å². The number of anilines is 1. The van der Waals surface area contributed by atoms with Crippen LogP contribution in [0.5, 0.6) is 0 Å². The summed E-state index contributed by atoms with van der Waals surface area (Å²) >= 11 is 0. The molecule has 1 aliphatic heterocycles. The number of carbonyl (C=O) groups excluding carboxylic acids is 2. The molecule has 8 heteroatoms. The number of carbonyl (C=O) groups is 2. The van der Waals surface area contributed by atoms with Gasteiger partial charge in [-0.05, 0) is 48.5 Å². The smallest absolute Gasteiger partial charge is 0.410 e. The maximum Gasteiger partial charge on any atom is 0.410 e. The molecule has 2 heterocycles. The highest BCUT2D eigenvalue weighted by Crippen LogP contribution is 2.26. The van der Waals surface area contributed by atoms with E-state index in [0.717, 1.165) is 0 Å². The van der Waals surface area contributed by atoms with Crippen LogP contribution in [0.25, 0.3) is 0 Å². The highest BCUT2D eigenvalue weighted by Gasteiger charge is 2.39. The Bertz CT molecular complexity index is 712. The van der Waals surface area contributed by atoms with E-state index < -0.39 is 17.1 Å². The Labute approximate surface area is 160 Å². The van der Waals surface area contributed by atoms with Crippen LogP contribution in [-0.4, -0.2) is 64.3 Å². The van der Waals surface area contributed by atoms with Crippen LogP contribution in [0.2, 0.25) is 0 Å². The van der Waals surface area contributed by atoms with Crippen LogP contribution >= 0.6 is 0 Å². The molecule has 1 aliphatic rings. The van der Waals surface area contributed by atoms with Gasteiger partial charge < -0.3 is 14.4 Å². The summed E-state index contributed by atoms with van der Waals surface area (Å²) in [6.07, 6.45) is 1.19. The number of hydrogen-bond acceptors (Lipinski definition) is 7. The summed E-state index contributed by atoms with van der Waals surface area (Å²) in [5.41, 5.74) is -0.0384. The quantitative estimate of drug-likeness (QED) is 0.748. The lowest BCUT2D eigenvalue weighted by Crippen LogP contribution is -2.62. The van der Waals surface area contributed by atoms with Crippen LogP contribution < -0.4 is 4.90 Å². The average molecular weight is 378 g/mol. The van der Waals surface area contributed by atoms with Crippen LogP contribution in [0.3, 0.4) is 0 Å². The molecule has 8 nitrogen and oxygen atoms in total. The number of rotatable bonds is 3. The summed E-state index contributed by atoms with van der Waals surface area (Å²) in [5, 5.41) is 0. The Kier molecular flexibility index (Phi) is 5.97. The topological polar surface area (TPSA) is 84.9 Å². The van der Waals surface area contributed by atoms with E-state index in [2.05, 4.69) is 9.97 Å². The molecule has 0 spiro atoms. The molecule has 1 saturated heterocycles. The van der Waals surface area contributed by atoms with Gasteiger partial charge in [0.2, 0.25) is 5.95 Å². The molecule has 0 unspecified atom stereocenters. The zero-order valence-corrected chi connectivity index (χ0v) is 17.3. The Balaban J connectivity index is 2.14. The van der Waals surface area contributed by atoms with Crippen molar-refractivity contribution in [3.63, 3.8) is 0 Å². The first kappa shape index (κ1) is 20.9. The summed E-state index contributed by atoms with van der Waals surface area (Å²) in [6.45, 7) is 15.0. The molecule has 1 amide bonds. The third-order valence-electron chi connectivity index (χ3n) is 4.26. The summed E-state index contributed by atoms with van der Waals surface area (Å²) in [4.78, 5) is 37.0. The lowest BCUT2D eigenvalue weighted by molar-refractivity contribution is 0.000203. The van der Waals surface area contributed by atoms with E-state index in [9.17, 15) is 9.59 Å². The first-order valence-corrected chi connectivity index (χ1v) is 9.21. The fourth-order valence-corrected chi connectivity index (χ4v) is 3.00. The molecule has 1 aromatic heterocycles. The lowest BCUT2D eigenvalue weighted by atomic mass is 9.99. The Hall–Kier alpha value is -2.38. The monoisotopic (exact) mass is 378 g/mol. The number of aryl methyl sites for hydroxylation is 1. The number of aromatic nitrogens is 2. The van der Waals surface area contributed by atoms with E-state index in [-0.39, 0.29) is 6.09 Å². The molecule has 0 radical (unpaired) electrons. The molecular weight excluding hydrogens is 348 g/mol. The van der Waals surface area contributed by atoms with Crippen molar-refractivity contribution in [3.05, 3.63) is 17.5 Å². The number of nitrogens with zero attached hydrogens (tertiary/aromatic N) is 4. The molecule has 27 heavy (non-hydrogen) atoms. The van der Waals surface area contributed by atoms with Gasteiger partial charge in [-0.25, -0.2) is 19.6 Å². The van der Waals surface area contributed by atoms with Gasteiger partial charge in [-0.15, -0.1) is 0 Å². The second-order valence-corrected chi connectivity index (χ2v) is 8.26. The summed E-state index contributed by atoms with van der Waals surface area (Å²) in [7, 11) is 0. The van der Waals surface area contributed by atoms with Crippen molar-refractivity contribution in [2.75, 3.05) is 31.1 Å². The summed E-state index contributed by atoms with van der Waals surface area (Å²) < 4.78 is 10.5. The van der Waals surface area contributed by atoms with Crippen LogP contribution in [0, 0.1) is 6.92 Å². The van der Waals surface area contributed by atoms with E-state index in [1.807, 2.05) is 39.5 Å². The molecule has 0 bridgehead atoms. The maximum atomic E-state index is 12.5. The molecule has 0 aliphatic carbocycles. The Morgan fingerprint density at radius 2 is 1.93 bits per heavy atom. The second-order valence-electron chi connectivity index (χ2n) is 8.26. The van der Waals surface area contributed by atoms with Crippen molar-refractivity contribution in [2.45, 2.75) is 59.6 Å². The predicted octanol–water partition coefficient (Wildman–Crippen LogP) is 2.80. The fraction of sp³-hybridized carbons (Fsp3) is 0.684. The van der Waals surface area contributed by atoms with Crippen LogP contribution in [0.4, 0.5) is 10.7 Å². The molecule has 0 aromatic carbocycles. The molecule has 150 valence electrons. The van der Waals surface area contributed by atoms with Crippen molar-refractivity contribution in [1.82, 2.24) is 14.9 Å². The van der Waals surface area contributed by atoms with Crippen molar-refractivity contribution < 1.29 is 19.1 Å². The highest BCUT2D eigenvalue weighted by molar-refractivity contribution is 5.90. The van der Waals surface area contributed by atoms with Gasteiger partial charge in [-0.3, -0.25) is 4.90 Å². The van der Waals surface area contributed by atoms with Gasteiger partial charge in [0.1, 0.15) is 5.60 Å². The molecular formula is C19H30N4O4. The predicted molar refractivity (Wildman–Crippen MR) is 102 cm³/mol. The number of amides is 1. The number of piperazine rings is 1. The fourth-order valence-electron chi connectivity index (χ4n) is 3.00. The Morgan fingerprint density at radius 1 is 1.26 bits per heavy atom. The van der Waals surface area contributed by atoms with Crippen molar-refractivity contribution in [2.24, 2.45) is 0 Å². The van der Waals surface area contributed by atoms with Crippen LogP contribution in [0.15, 0.2) is 6.20 Å². The standard InChI is InChI=1S/C19H30N4O4/c1-8-26-15(24)14-11-20-16(21-13(14)2)22-9-10-23(19(6,7)12-22)17(25)27-18(3,4)5/h11H,8-10,12H2,1-7H3. The SMILES string of the molecule is CCOC(=O)c1cnc(N2CCN(C(=O)OC(C)(C)C)C(C)(C)C2)nc1C. The molecule has 0 N–H and O–H groups in total. The first-order chi connectivity index (χ1) is 12.4. The molecule has 1 fully saturated rings. The van der Waals surface area contributed by atoms with E-state index >= 15 is 0 Å². The Morgan fingerprint density at radius 3 is 2.44 bits per heavy atom. The number of hydrogen-bond donors (Lipinski definition) is 0.